The van der Waals surface area contributed by atoms with E-state index in [0.717, 1.165) is 11.1 Å². The molecule has 8 heteroatoms. The summed E-state index contributed by atoms with van der Waals surface area (Å²) in [6, 6.07) is 2.99. The van der Waals surface area contributed by atoms with Gasteiger partial charge in [0.25, 0.3) is 5.89 Å². The summed E-state index contributed by atoms with van der Waals surface area (Å²) in [5, 5.41) is 18.0. The van der Waals surface area contributed by atoms with E-state index in [0.29, 0.717) is 0 Å². The number of aryl methyl sites for hydroxylation is 2. The number of anilines is 1. The number of nitrogens with zero attached hydrogens (tertiary/aromatic N) is 3. The van der Waals surface area contributed by atoms with Crippen LogP contribution in [0.2, 0.25) is 0 Å². The van der Waals surface area contributed by atoms with E-state index in [1.54, 1.807) is 13.0 Å². The fourth-order valence-corrected chi connectivity index (χ4v) is 1.50. The third-order valence-electron chi connectivity index (χ3n) is 2.61. The van der Waals surface area contributed by atoms with Crippen LogP contribution in [0.1, 0.15) is 17.0 Å². The van der Waals surface area contributed by atoms with Gasteiger partial charge < -0.3 is 14.9 Å². The second-order valence-corrected chi connectivity index (χ2v) is 3.98. The minimum Gasteiger partial charge on any atom is -0.477 e. The van der Waals surface area contributed by atoms with E-state index in [1.165, 1.54) is 6.07 Å². The molecule has 2 N–H and O–H groups in total. The van der Waals surface area contributed by atoms with Crippen LogP contribution in [0.25, 0.3) is 0 Å². The number of nitro benzene ring substituents is 1. The summed E-state index contributed by atoms with van der Waals surface area (Å²) in [5.41, 5.74) is 6.88. The molecule has 2 aromatic rings. The van der Waals surface area contributed by atoms with Gasteiger partial charge in [-0.1, -0.05) is 5.10 Å². The smallest absolute Gasteiger partial charge is 0.312 e. The summed E-state index contributed by atoms with van der Waals surface area (Å²) in [7, 11) is 0. The van der Waals surface area contributed by atoms with Gasteiger partial charge >= 0.3 is 11.7 Å². The van der Waals surface area contributed by atoms with Gasteiger partial charge in [-0.3, -0.25) is 10.1 Å². The summed E-state index contributed by atoms with van der Waals surface area (Å²) >= 11 is 0. The lowest BCUT2D eigenvalue weighted by molar-refractivity contribution is -0.386. The topological polar surface area (TPSA) is 117 Å². The largest absolute Gasteiger partial charge is 0.477 e. The van der Waals surface area contributed by atoms with Crippen LogP contribution in [0.4, 0.5) is 11.7 Å². The predicted octanol–water partition coefficient (Wildman–Crippen LogP) is 1.76. The molecule has 0 radical (unpaired) electrons. The Hall–Kier alpha value is -2.64. The molecule has 8 nitrogen and oxygen atoms in total. The van der Waals surface area contributed by atoms with E-state index in [4.69, 9.17) is 14.9 Å². The molecular formula is C11H12N4O4. The maximum absolute atomic E-state index is 11.0. The third-order valence-corrected chi connectivity index (χ3v) is 2.61. The molecule has 0 saturated carbocycles. The first-order chi connectivity index (χ1) is 8.97. The quantitative estimate of drug-likeness (QED) is 0.660. The van der Waals surface area contributed by atoms with Crippen LogP contribution in [0.15, 0.2) is 16.5 Å². The summed E-state index contributed by atoms with van der Waals surface area (Å²) in [4.78, 5) is 10.5. The van der Waals surface area contributed by atoms with Crippen molar-refractivity contribution in [2.24, 2.45) is 0 Å². The fraction of sp³-hybridized carbons (Fsp3) is 0.273. The minimum absolute atomic E-state index is 0.0758. The third kappa shape index (κ3) is 2.79. The molecule has 1 aromatic carbocycles. The van der Waals surface area contributed by atoms with Crippen molar-refractivity contribution >= 4 is 11.7 Å². The van der Waals surface area contributed by atoms with Crippen LogP contribution < -0.4 is 10.5 Å². The zero-order chi connectivity index (χ0) is 14.0. The van der Waals surface area contributed by atoms with Crippen molar-refractivity contribution < 1.29 is 14.1 Å². The average Bonchev–Trinajstić information content (AvgIpc) is 2.76. The number of ether oxygens (including phenoxy) is 1. The molecular weight excluding hydrogens is 252 g/mol. The van der Waals surface area contributed by atoms with Crippen LogP contribution in [0.5, 0.6) is 5.75 Å². The lowest BCUT2D eigenvalue weighted by atomic mass is 10.1. The Labute approximate surface area is 108 Å². The van der Waals surface area contributed by atoms with Gasteiger partial charge in [0.1, 0.15) is 0 Å². The van der Waals surface area contributed by atoms with Crippen molar-refractivity contribution in [2.45, 2.75) is 20.5 Å². The van der Waals surface area contributed by atoms with Crippen molar-refractivity contribution in [1.82, 2.24) is 10.2 Å². The number of hydrogen-bond donors (Lipinski definition) is 1. The van der Waals surface area contributed by atoms with E-state index < -0.39 is 4.92 Å². The minimum atomic E-state index is -0.496. The maximum atomic E-state index is 11.0. The summed E-state index contributed by atoms with van der Waals surface area (Å²) in [5.74, 6) is 0.315. The Bertz CT molecular complexity index is 623. The van der Waals surface area contributed by atoms with Crippen LogP contribution in [-0.4, -0.2) is 15.1 Å². The number of nitro groups is 1. The van der Waals surface area contributed by atoms with Crippen LogP contribution >= 0.6 is 0 Å². The van der Waals surface area contributed by atoms with E-state index in [9.17, 15) is 10.1 Å². The van der Waals surface area contributed by atoms with Gasteiger partial charge in [-0.25, -0.2) is 0 Å². The van der Waals surface area contributed by atoms with Crippen molar-refractivity contribution in [3.8, 4) is 5.75 Å². The summed E-state index contributed by atoms with van der Waals surface area (Å²) in [6.07, 6.45) is 0. The second-order valence-electron chi connectivity index (χ2n) is 3.98. The lowest BCUT2D eigenvalue weighted by Crippen LogP contribution is -2.01. The first-order valence-corrected chi connectivity index (χ1v) is 5.43. The van der Waals surface area contributed by atoms with Gasteiger partial charge in [0.05, 0.1) is 4.92 Å². The maximum Gasteiger partial charge on any atom is 0.312 e. The number of aromatic nitrogens is 2. The molecule has 100 valence electrons. The second kappa shape index (κ2) is 4.92. The highest BCUT2D eigenvalue weighted by Gasteiger charge is 2.17. The Morgan fingerprint density at radius 1 is 1.37 bits per heavy atom. The van der Waals surface area contributed by atoms with Crippen molar-refractivity contribution in [3.05, 3.63) is 39.3 Å². The van der Waals surface area contributed by atoms with Crippen LogP contribution in [0, 0.1) is 24.0 Å². The highest BCUT2D eigenvalue weighted by Crippen LogP contribution is 2.30. The molecule has 0 bridgehead atoms. The molecule has 0 spiro atoms. The number of hydrogen-bond acceptors (Lipinski definition) is 7. The molecule has 0 aliphatic carbocycles. The summed E-state index contributed by atoms with van der Waals surface area (Å²) < 4.78 is 10.3. The lowest BCUT2D eigenvalue weighted by Gasteiger charge is -2.07. The molecule has 0 saturated heterocycles. The number of nitrogens with two attached hydrogens (primary N) is 1. The summed E-state index contributed by atoms with van der Waals surface area (Å²) in [6.45, 7) is 3.56. The fourth-order valence-electron chi connectivity index (χ4n) is 1.50. The number of rotatable bonds is 4. The van der Waals surface area contributed by atoms with E-state index in [-0.39, 0.29) is 29.9 Å². The molecule has 1 aromatic heterocycles. The van der Waals surface area contributed by atoms with E-state index in [2.05, 4.69) is 10.2 Å². The normalized spacial score (nSPS) is 10.4. The monoisotopic (exact) mass is 264 g/mol. The zero-order valence-electron chi connectivity index (χ0n) is 10.4. The SMILES string of the molecule is Cc1cc(OCc2nnc(N)o2)c([N+](=O)[O-])cc1C. The first kappa shape index (κ1) is 12.8. The van der Waals surface area contributed by atoms with Crippen LogP contribution in [0.3, 0.4) is 0 Å². The predicted molar refractivity (Wildman–Crippen MR) is 65.6 cm³/mol. The van der Waals surface area contributed by atoms with Gasteiger partial charge in [-0.15, -0.1) is 5.10 Å². The molecule has 0 fully saturated rings. The Kier molecular flexibility index (Phi) is 3.32. The molecule has 1 heterocycles. The highest BCUT2D eigenvalue weighted by atomic mass is 16.6. The number of benzene rings is 1. The Morgan fingerprint density at radius 3 is 2.63 bits per heavy atom. The molecule has 0 unspecified atom stereocenters. The van der Waals surface area contributed by atoms with Gasteiger partial charge in [0.2, 0.25) is 0 Å². The van der Waals surface area contributed by atoms with E-state index in [1.807, 2.05) is 6.92 Å². The molecule has 19 heavy (non-hydrogen) atoms. The van der Waals surface area contributed by atoms with Crippen molar-refractivity contribution in [3.63, 3.8) is 0 Å². The molecule has 0 aliphatic heterocycles. The van der Waals surface area contributed by atoms with Gasteiger partial charge in [0, 0.05) is 6.07 Å². The van der Waals surface area contributed by atoms with Crippen LogP contribution in [-0.2, 0) is 6.61 Å². The van der Waals surface area contributed by atoms with Crippen molar-refractivity contribution in [2.75, 3.05) is 5.73 Å². The molecule has 0 amide bonds. The molecule has 2 rings (SSSR count). The zero-order valence-corrected chi connectivity index (χ0v) is 10.4. The molecule has 0 aliphatic rings. The number of nitrogen functional groups attached to an aromatic ring is 1. The van der Waals surface area contributed by atoms with Gasteiger partial charge in [-0.05, 0) is 31.0 Å². The highest BCUT2D eigenvalue weighted by molar-refractivity contribution is 5.51. The van der Waals surface area contributed by atoms with Crippen molar-refractivity contribution in [1.29, 1.82) is 0 Å². The average molecular weight is 264 g/mol. The van der Waals surface area contributed by atoms with E-state index >= 15 is 0 Å². The Morgan fingerprint density at radius 2 is 2.05 bits per heavy atom. The molecule has 0 atom stereocenters. The standard InChI is InChI=1S/C11H12N4O4/c1-6-3-8(15(16)17)9(4-7(6)2)18-5-10-13-14-11(12)19-10/h3-4H,5H2,1-2H3,(H2,12,14). The van der Waals surface area contributed by atoms with Gasteiger partial charge in [0.15, 0.2) is 12.4 Å². The van der Waals surface area contributed by atoms with Gasteiger partial charge in [-0.2, -0.15) is 0 Å². The Balaban J connectivity index is 2.23. The first-order valence-electron chi connectivity index (χ1n) is 5.43.